The molecule has 2 aromatic carbocycles. The van der Waals surface area contributed by atoms with E-state index >= 15 is 0 Å². The molecule has 28 heavy (non-hydrogen) atoms. The molecule has 4 nitrogen and oxygen atoms in total. The van der Waals surface area contributed by atoms with Crippen molar-refractivity contribution in [1.29, 1.82) is 0 Å². The van der Waals surface area contributed by atoms with Gasteiger partial charge in [-0.05, 0) is 50.5 Å². The largest absolute Gasteiger partial charge is 0.352 e. The Morgan fingerprint density at radius 2 is 1.75 bits per heavy atom. The van der Waals surface area contributed by atoms with E-state index in [1.165, 1.54) is 0 Å². The van der Waals surface area contributed by atoms with E-state index in [9.17, 15) is 9.59 Å². The second-order valence-electron chi connectivity index (χ2n) is 7.31. The average molecular weight is 401 g/mol. The van der Waals surface area contributed by atoms with Gasteiger partial charge in [-0.25, -0.2) is 0 Å². The number of carbonyl (C=O) groups is 2. The van der Waals surface area contributed by atoms with Crippen molar-refractivity contribution in [3.05, 3.63) is 70.2 Å². The van der Waals surface area contributed by atoms with Crippen LogP contribution < -0.4 is 5.32 Å². The molecule has 0 spiro atoms. The predicted molar refractivity (Wildman–Crippen MR) is 114 cm³/mol. The van der Waals surface area contributed by atoms with Crippen LogP contribution in [0.3, 0.4) is 0 Å². The van der Waals surface area contributed by atoms with E-state index < -0.39 is 6.04 Å². The van der Waals surface area contributed by atoms with Crippen molar-refractivity contribution in [3.63, 3.8) is 0 Å². The first-order valence-corrected chi connectivity index (χ1v) is 10.1. The van der Waals surface area contributed by atoms with Crippen molar-refractivity contribution in [2.24, 2.45) is 0 Å². The number of halogens is 1. The van der Waals surface area contributed by atoms with Crippen LogP contribution in [0.5, 0.6) is 0 Å². The van der Waals surface area contributed by atoms with Crippen molar-refractivity contribution in [3.8, 4) is 0 Å². The molecule has 0 radical (unpaired) electrons. The lowest BCUT2D eigenvalue weighted by Crippen LogP contribution is -2.49. The van der Waals surface area contributed by atoms with E-state index in [1.54, 1.807) is 24.0 Å². The van der Waals surface area contributed by atoms with Crippen LogP contribution in [-0.4, -0.2) is 28.8 Å². The maximum atomic E-state index is 13.1. The monoisotopic (exact) mass is 400 g/mol. The Bertz CT molecular complexity index is 822. The molecule has 1 N–H and O–H groups in total. The first-order valence-electron chi connectivity index (χ1n) is 9.70. The molecule has 0 bridgehead atoms. The lowest BCUT2D eigenvalue weighted by molar-refractivity contribution is -0.140. The van der Waals surface area contributed by atoms with E-state index in [-0.39, 0.29) is 24.3 Å². The van der Waals surface area contributed by atoms with Gasteiger partial charge in [-0.1, -0.05) is 60.5 Å². The molecule has 2 amide bonds. The van der Waals surface area contributed by atoms with Crippen LogP contribution in [0.4, 0.5) is 0 Å². The van der Waals surface area contributed by atoms with Gasteiger partial charge in [-0.3, -0.25) is 9.59 Å². The number of hydrogen-bond donors (Lipinski definition) is 1. The highest BCUT2D eigenvalue weighted by atomic mass is 35.5. The minimum Gasteiger partial charge on any atom is -0.352 e. The number of hydrogen-bond acceptors (Lipinski definition) is 2. The maximum Gasteiger partial charge on any atom is 0.242 e. The molecule has 2 aromatic rings. The highest BCUT2D eigenvalue weighted by molar-refractivity contribution is 6.30. The van der Waals surface area contributed by atoms with Crippen LogP contribution in [0.25, 0.3) is 0 Å². The quantitative estimate of drug-likeness (QED) is 0.708. The van der Waals surface area contributed by atoms with Crippen molar-refractivity contribution < 1.29 is 9.59 Å². The predicted octanol–water partition coefficient (Wildman–Crippen LogP) is 4.52. The summed E-state index contributed by atoms with van der Waals surface area (Å²) in [7, 11) is 0. The van der Waals surface area contributed by atoms with Gasteiger partial charge in [0.05, 0.1) is 6.42 Å². The van der Waals surface area contributed by atoms with Crippen LogP contribution in [0.2, 0.25) is 5.02 Å². The molecule has 0 saturated heterocycles. The zero-order chi connectivity index (χ0) is 20.7. The van der Waals surface area contributed by atoms with Gasteiger partial charge in [0.15, 0.2) is 0 Å². The third kappa shape index (κ3) is 6.38. The van der Waals surface area contributed by atoms with Gasteiger partial charge in [0.1, 0.15) is 6.04 Å². The Labute approximate surface area is 172 Å². The van der Waals surface area contributed by atoms with Crippen LogP contribution in [-0.2, 0) is 22.6 Å². The second-order valence-corrected chi connectivity index (χ2v) is 7.75. The number of benzene rings is 2. The number of carbonyl (C=O) groups excluding carboxylic acids is 2. The zero-order valence-corrected chi connectivity index (χ0v) is 17.8. The molecule has 5 heteroatoms. The molecular formula is C23H29ClN2O2. The summed E-state index contributed by atoms with van der Waals surface area (Å²) in [6, 6.07) is 14.8. The summed E-state index contributed by atoms with van der Waals surface area (Å²) in [6.07, 6.45) is 1.04. The van der Waals surface area contributed by atoms with Crippen molar-refractivity contribution in [2.45, 2.75) is 59.2 Å². The molecule has 0 fully saturated rings. The molecule has 0 unspecified atom stereocenters. The van der Waals surface area contributed by atoms with Crippen molar-refractivity contribution in [1.82, 2.24) is 10.2 Å². The molecule has 2 atom stereocenters. The number of nitrogens with one attached hydrogen (secondary N) is 1. The summed E-state index contributed by atoms with van der Waals surface area (Å²) < 4.78 is 0. The summed E-state index contributed by atoms with van der Waals surface area (Å²) in [5.74, 6) is -0.239. The van der Waals surface area contributed by atoms with E-state index in [4.69, 9.17) is 11.6 Å². The van der Waals surface area contributed by atoms with E-state index in [0.29, 0.717) is 11.6 Å². The lowest BCUT2D eigenvalue weighted by atomic mass is 10.1. The zero-order valence-electron chi connectivity index (χ0n) is 17.0. The lowest BCUT2D eigenvalue weighted by Gasteiger charge is -2.30. The Morgan fingerprint density at radius 1 is 1.07 bits per heavy atom. The number of rotatable bonds is 8. The van der Waals surface area contributed by atoms with Crippen LogP contribution >= 0.6 is 11.6 Å². The topological polar surface area (TPSA) is 49.4 Å². The summed E-state index contributed by atoms with van der Waals surface area (Å²) in [5, 5.41) is 3.58. The van der Waals surface area contributed by atoms with Gasteiger partial charge in [-0.15, -0.1) is 0 Å². The summed E-state index contributed by atoms with van der Waals surface area (Å²) >= 11 is 6.05. The highest BCUT2D eigenvalue weighted by Crippen LogP contribution is 2.16. The van der Waals surface area contributed by atoms with Gasteiger partial charge in [-0.2, -0.15) is 0 Å². The molecule has 150 valence electrons. The Kier molecular flexibility index (Phi) is 8.06. The van der Waals surface area contributed by atoms with Gasteiger partial charge in [0, 0.05) is 17.6 Å². The summed E-state index contributed by atoms with van der Waals surface area (Å²) in [5.41, 5.74) is 2.96. The minimum absolute atomic E-state index is 0.0683. The first kappa shape index (κ1) is 22.0. The Hall–Kier alpha value is -2.33. The van der Waals surface area contributed by atoms with Gasteiger partial charge >= 0.3 is 0 Å². The second kappa shape index (κ2) is 10.3. The fraction of sp³-hybridized carbons (Fsp3) is 0.391. The van der Waals surface area contributed by atoms with Crippen LogP contribution in [0.1, 0.15) is 43.9 Å². The fourth-order valence-electron chi connectivity index (χ4n) is 2.98. The normalized spacial score (nSPS) is 12.9. The van der Waals surface area contributed by atoms with E-state index in [2.05, 4.69) is 5.32 Å². The third-order valence-corrected chi connectivity index (χ3v) is 5.08. The number of amides is 2. The molecule has 0 aliphatic carbocycles. The van der Waals surface area contributed by atoms with E-state index in [0.717, 1.165) is 23.1 Å². The number of aryl methyl sites for hydroxylation is 1. The maximum absolute atomic E-state index is 13.1. The minimum atomic E-state index is -0.568. The van der Waals surface area contributed by atoms with Crippen LogP contribution in [0, 0.1) is 6.92 Å². The van der Waals surface area contributed by atoms with Gasteiger partial charge < -0.3 is 10.2 Å². The van der Waals surface area contributed by atoms with Crippen molar-refractivity contribution >= 4 is 23.4 Å². The summed E-state index contributed by atoms with van der Waals surface area (Å²) in [4.78, 5) is 27.5. The Morgan fingerprint density at radius 3 is 2.39 bits per heavy atom. The van der Waals surface area contributed by atoms with Crippen molar-refractivity contribution in [2.75, 3.05) is 0 Å². The van der Waals surface area contributed by atoms with Gasteiger partial charge in [0.25, 0.3) is 0 Å². The summed E-state index contributed by atoms with van der Waals surface area (Å²) in [6.45, 7) is 8.16. The smallest absolute Gasteiger partial charge is 0.242 e. The van der Waals surface area contributed by atoms with Crippen LogP contribution in [0.15, 0.2) is 48.5 Å². The molecular weight excluding hydrogens is 372 g/mol. The molecule has 2 rings (SSSR count). The number of nitrogens with zero attached hydrogens (tertiary/aromatic N) is 1. The first-order chi connectivity index (χ1) is 13.3. The standard InChI is InChI=1S/C23H29ClN2O2/c1-5-17(3)25-23(28)18(4)26(15-20-10-6-8-16(2)12-20)22(27)14-19-9-7-11-21(24)13-19/h6-13,17-18H,5,14-15H2,1-4H3,(H,25,28)/t17-,18-/m1/s1. The van der Waals surface area contributed by atoms with E-state index in [1.807, 2.05) is 57.2 Å². The average Bonchev–Trinajstić information content (AvgIpc) is 2.65. The Balaban J connectivity index is 2.23. The molecule has 0 heterocycles. The third-order valence-electron chi connectivity index (χ3n) is 4.85. The SMILES string of the molecule is CC[C@@H](C)NC(=O)[C@@H](C)N(Cc1cccc(C)c1)C(=O)Cc1cccc(Cl)c1. The molecule has 0 aliphatic rings. The molecule has 0 aromatic heterocycles. The highest BCUT2D eigenvalue weighted by Gasteiger charge is 2.26. The molecule has 0 aliphatic heterocycles. The van der Waals surface area contributed by atoms with Gasteiger partial charge in [0.2, 0.25) is 11.8 Å². The molecule has 0 saturated carbocycles. The fourth-order valence-corrected chi connectivity index (χ4v) is 3.19.